The highest BCUT2D eigenvalue weighted by molar-refractivity contribution is 5.11. The van der Waals surface area contributed by atoms with Crippen LogP contribution < -0.4 is 5.32 Å². The van der Waals surface area contributed by atoms with Gasteiger partial charge in [0.2, 0.25) is 0 Å². The molecule has 0 saturated carbocycles. The van der Waals surface area contributed by atoms with Gasteiger partial charge in [-0.15, -0.1) is 0 Å². The minimum Gasteiger partial charge on any atom is -0.467 e. The Hall–Kier alpha value is -0.840. The molecule has 0 aromatic carbocycles. The molecule has 1 aliphatic rings. The summed E-state index contributed by atoms with van der Waals surface area (Å²) >= 11 is 0. The molecule has 1 aromatic heterocycles. The third-order valence-corrected chi connectivity index (χ3v) is 2.86. The third kappa shape index (κ3) is 4.15. The summed E-state index contributed by atoms with van der Waals surface area (Å²) in [5.74, 6) is 0.885. The van der Waals surface area contributed by atoms with E-state index in [1.54, 1.807) is 6.26 Å². The lowest BCUT2D eigenvalue weighted by atomic mass is 10.2. The average molecular weight is 239 g/mol. The van der Waals surface area contributed by atoms with Gasteiger partial charge in [-0.1, -0.05) is 6.92 Å². The monoisotopic (exact) mass is 239 g/mol. The third-order valence-electron chi connectivity index (χ3n) is 2.86. The van der Waals surface area contributed by atoms with Gasteiger partial charge in [-0.3, -0.25) is 0 Å². The number of rotatable bonds is 7. The van der Waals surface area contributed by atoms with Crippen molar-refractivity contribution in [1.82, 2.24) is 5.32 Å². The van der Waals surface area contributed by atoms with Crippen molar-refractivity contribution in [2.24, 2.45) is 0 Å². The fourth-order valence-electron chi connectivity index (χ4n) is 1.93. The molecule has 0 spiro atoms. The van der Waals surface area contributed by atoms with Gasteiger partial charge in [-0.05, 0) is 25.5 Å². The zero-order chi connectivity index (χ0) is 11.9. The lowest BCUT2D eigenvalue weighted by Crippen LogP contribution is -2.13. The van der Waals surface area contributed by atoms with E-state index in [-0.39, 0.29) is 6.10 Å². The van der Waals surface area contributed by atoms with Crippen molar-refractivity contribution < 1.29 is 13.9 Å². The highest BCUT2D eigenvalue weighted by atomic mass is 16.5. The van der Waals surface area contributed by atoms with E-state index >= 15 is 0 Å². The summed E-state index contributed by atoms with van der Waals surface area (Å²) in [6, 6.07) is 2.04. The first-order chi connectivity index (χ1) is 8.38. The Labute approximate surface area is 102 Å². The molecule has 1 aromatic rings. The predicted octanol–water partition coefficient (Wildman–Crippen LogP) is 2.08. The Bertz CT molecular complexity index is 318. The standard InChI is InChI=1S/C13H21NO3/c1-2-14-7-11-6-13(17-8-11)10-15-9-12-4-3-5-16-12/h6,8,12,14H,2-5,7,9-10H2,1H3. The molecule has 4 heteroatoms. The largest absolute Gasteiger partial charge is 0.467 e. The van der Waals surface area contributed by atoms with Crippen LogP contribution in [0, 0.1) is 0 Å². The van der Waals surface area contributed by atoms with Gasteiger partial charge in [-0.2, -0.15) is 0 Å². The van der Waals surface area contributed by atoms with Crippen molar-refractivity contribution in [1.29, 1.82) is 0 Å². The van der Waals surface area contributed by atoms with Gasteiger partial charge < -0.3 is 19.2 Å². The molecular formula is C13H21NO3. The number of hydrogen-bond acceptors (Lipinski definition) is 4. The summed E-state index contributed by atoms with van der Waals surface area (Å²) in [5.41, 5.74) is 1.17. The highest BCUT2D eigenvalue weighted by Crippen LogP contribution is 2.14. The van der Waals surface area contributed by atoms with E-state index in [4.69, 9.17) is 13.9 Å². The molecule has 96 valence electrons. The molecule has 2 heterocycles. The molecular weight excluding hydrogens is 218 g/mol. The van der Waals surface area contributed by atoms with Crippen molar-refractivity contribution in [3.8, 4) is 0 Å². The van der Waals surface area contributed by atoms with Crippen LogP contribution in [0.25, 0.3) is 0 Å². The number of hydrogen-bond donors (Lipinski definition) is 1. The summed E-state index contributed by atoms with van der Waals surface area (Å²) in [6.45, 7) is 5.99. The van der Waals surface area contributed by atoms with Crippen LogP contribution >= 0.6 is 0 Å². The Morgan fingerprint density at radius 2 is 2.47 bits per heavy atom. The van der Waals surface area contributed by atoms with E-state index in [1.807, 2.05) is 6.07 Å². The molecule has 1 atom stereocenters. The van der Waals surface area contributed by atoms with Gasteiger partial charge in [0.25, 0.3) is 0 Å². The van der Waals surface area contributed by atoms with E-state index < -0.39 is 0 Å². The van der Waals surface area contributed by atoms with Crippen LogP contribution in [0.2, 0.25) is 0 Å². The molecule has 17 heavy (non-hydrogen) atoms. The molecule has 1 unspecified atom stereocenters. The van der Waals surface area contributed by atoms with Crippen molar-refractivity contribution in [3.63, 3.8) is 0 Å². The Morgan fingerprint density at radius 1 is 1.53 bits per heavy atom. The van der Waals surface area contributed by atoms with Crippen molar-refractivity contribution in [3.05, 3.63) is 23.7 Å². The average Bonchev–Trinajstić information content (AvgIpc) is 2.98. The van der Waals surface area contributed by atoms with Crippen LogP contribution in [0.4, 0.5) is 0 Å². The lowest BCUT2D eigenvalue weighted by molar-refractivity contribution is 0.00581. The minimum atomic E-state index is 0.284. The molecule has 1 N–H and O–H groups in total. The molecule has 0 amide bonds. The number of ether oxygens (including phenoxy) is 2. The van der Waals surface area contributed by atoms with Gasteiger partial charge in [-0.25, -0.2) is 0 Å². The smallest absolute Gasteiger partial charge is 0.129 e. The maximum absolute atomic E-state index is 5.58. The molecule has 2 rings (SSSR count). The van der Waals surface area contributed by atoms with E-state index in [0.717, 1.165) is 38.3 Å². The molecule has 1 fully saturated rings. The molecule has 0 radical (unpaired) electrons. The second-order valence-corrected chi connectivity index (χ2v) is 4.35. The first-order valence-corrected chi connectivity index (χ1v) is 6.35. The van der Waals surface area contributed by atoms with E-state index in [1.165, 1.54) is 5.56 Å². The summed E-state index contributed by atoms with van der Waals surface area (Å²) in [7, 11) is 0. The Morgan fingerprint density at radius 3 is 3.24 bits per heavy atom. The zero-order valence-electron chi connectivity index (χ0n) is 10.4. The van der Waals surface area contributed by atoms with Gasteiger partial charge in [0.1, 0.15) is 12.4 Å². The number of furan rings is 1. The lowest BCUT2D eigenvalue weighted by Gasteiger charge is -2.08. The van der Waals surface area contributed by atoms with Crippen LogP contribution in [-0.2, 0) is 22.6 Å². The van der Waals surface area contributed by atoms with Gasteiger partial charge >= 0.3 is 0 Å². The van der Waals surface area contributed by atoms with Crippen LogP contribution in [0.1, 0.15) is 31.1 Å². The predicted molar refractivity (Wildman–Crippen MR) is 64.7 cm³/mol. The minimum absolute atomic E-state index is 0.284. The molecule has 0 aliphatic carbocycles. The van der Waals surface area contributed by atoms with Crippen LogP contribution in [0.15, 0.2) is 16.7 Å². The van der Waals surface area contributed by atoms with Crippen LogP contribution in [0.3, 0.4) is 0 Å². The fourth-order valence-corrected chi connectivity index (χ4v) is 1.93. The SMILES string of the molecule is CCNCc1coc(COCC2CCCO2)c1. The zero-order valence-corrected chi connectivity index (χ0v) is 10.4. The van der Waals surface area contributed by atoms with Gasteiger partial charge in [0, 0.05) is 18.7 Å². The van der Waals surface area contributed by atoms with Crippen LogP contribution in [-0.4, -0.2) is 25.9 Å². The van der Waals surface area contributed by atoms with Crippen LogP contribution in [0.5, 0.6) is 0 Å². The van der Waals surface area contributed by atoms with E-state index in [9.17, 15) is 0 Å². The van der Waals surface area contributed by atoms with Crippen molar-refractivity contribution >= 4 is 0 Å². The molecule has 1 saturated heterocycles. The quantitative estimate of drug-likeness (QED) is 0.791. The van der Waals surface area contributed by atoms with Gasteiger partial charge in [0.15, 0.2) is 0 Å². The maximum Gasteiger partial charge on any atom is 0.129 e. The second-order valence-electron chi connectivity index (χ2n) is 4.35. The molecule has 1 aliphatic heterocycles. The van der Waals surface area contributed by atoms with Gasteiger partial charge in [0.05, 0.1) is 19.0 Å². The van der Waals surface area contributed by atoms with Crippen molar-refractivity contribution in [2.45, 2.75) is 39.0 Å². The normalized spacial score (nSPS) is 19.9. The van der Waals surface area contributed by atoms with E-state index in [0.29, 0.717) is 13.2 Å². The summed E-state index contributed by atoms with van der Waals surface area (Å²) in [4.78, 5) is 0. The summed E-state index contributed by atoms with van der Waals surface area (Å²) in [6.07, 6.45) is 4.34. The van der Waals surface area contributed by atoms with Crippen molar-refractivity contribution in [2.75, 3.05) is 19.8 Å². The number of nitrogens with one attached hydrogen (secondary N) is 1. The Kier molecular flexibility index (Phi) is 5.04. The molecule has 4 nitrogen and oxygen atoms in total. The fraction of sp³-hybridized carbons (Fsp3) is 0.692. The first-order valence-electron chi connectivity index (χ1n) is 6.35. The first kappa shape index (κ1) is 12.6. The Balaban J connectivity index is 1.65. The summed E-state index contributed by atoms with van der Waals surface area (Å²) < 4.78 is 16.5. The van der Waals surface area contributed by atoms with E-state index in [2.05, 4.69) is 12.2 Å². The maximum atomic E-state index is 5.58. The topological polar surface area (TPSA) is 43.6 Å². The summed E-state index contributed by atoms with van der Waals surface area (Å²) in [5, 5.41) is 3.26. The highest BCUT2D eigenvalue weighted by Gasteiger charge is 2.15. The second kappa shape index (κ2) is 6.79. The molecule has 0 bridgehead atoms.